The molecular formula is C13H18N4. The smallest absolute Gasteiger partial charge is 0.0896 e. The maximum absolute atomic E-state index is 4.33. The Kier molecular flexibility index (Phi) is 3.54. The van der Waals surface area contributed by atoms with E-state index in [0.29, 0.717) is 0 Å². The summed E-state index contributed by atoms with van der Waals surface area (Å²) >= 11 is 0. The van der Waals surface area contributed by atoms with Crippen LogP contribution in [0.1, 0.15) is 31.9 Å². The van der Waals surface area contributed by atoms with Gasteiger partial charge in [-0.05, 0) is 19.9 Å². The molecule has 0 aliphatic heterocycles. The first-order chi connectivity index (χ1) is 8.24. The molecule has 0 aliphatic carbocycles. The van der Waals surface area contributed by atoms with Gasteiger partial charge in [-0.2, -0.15) is 5.10 Å². The maximum Gasteiger partial charge on any atom is 0.0896 e. The quantitative estimate of drug-likeness (QED) is 0.802. The van der Waals surface area contributed by atoms with Crippen molar-refractivity contribution in [1.82, 2.24) is 19.9 Å². The third-order valence-corrected chi connectivity index (χ3v) is 2.76. The molecule has 0 aliphatic rings. The molecule has 0 saturated heterocycles. The van der Waals surface area contributed by atoms with Crippen LogP contribution in [-0.2, 0) is 0 Å². The average molecular weight is 230 g/mol. The summed E-state index contributed by atoms with van der Waals surface area (Å²) in [6.45, 7) is 9.21. The van der Waals surface area contributed by atoms with Gasteiger partial charge in [-0.15, -0.1) is 0 Å². The second kappa shape index (κ2) is 5.10. The zero-order valence-corrected chi connectivity index (χ0v) is 10.3. The van der Waals surface area contributed by atoms with Crippen LogP contribution in [0.4, 0.5) is 0 Å². The lowest BCUT2D eigenvalue weighted by molar-refractivity contribution is 0.594. The van der Waals surface area contributed by atoms with Gasteiger partial charge in [-0.3, -0.25) is 4.98 Å². The van der Waals surface area contributed by atoms with Crippen molar-refractivity contribution in [3.05, 3.63) is 42.5 Å². The molecule has 17 heavy (non-hydrogen) atoms. The van der Waals surface area contributed by atoms with Crippen LogP contribution >= 0.6 is 0 Å². The molecule has 0 amide bonds. The van der Waals surface area contributed by atoms with Crippen molar-refractivity contribution in [3.8, 4) is 0 Å². The summed E-state index contributed by atoms with van der Waals surface area (Å²) in [7, 11) is 0. The lowest BCUT2D eigenvalue weighted by Crippen LogP contribution is -2.22. The average Bonchev–Trinajstić information content (AvgIpc) is 2.73. The predicted molar refractivity (Wildman–Crippen MR) is 68.8 cm³/mol. The third-order valence-electron chi connectivity index (χ3n) is 2.76. The van der Waals surface area contributed by atoms with Crippen molar-refractivity contribution in [2.75, 3.05) is 6.54 Å². The predicted octanol–water partition coefficient (Wildman–Crippen LogP) is 2.35. The van der Waals surface area contributed by atoms with Gasteiger partial charge in [0.05, 0.1) is 24.0 Å². The molecule has 1 N–H and O–H groups in total. The van der Waals surface area contributed by atoms with Crippen LogP contribution in [-0.4, -0.2) is 21.1 Å². The summed E-state index contributed by atoms with van der Waals surface area (Å²) in [4.78, 5) is 4.15. The molecule has 90 valence electrons. The molecule has 1 atom stereocenters. The molecular weight excluding hydrogens is 212 g/mol. The first-order valence-corrected chi connectivity index (χ1v) is 5.90. The minimum atomic E-state index is 0.150. The molecule has 0 aromatic carbocycles. The Morgan fingerprint density at radius 2 is 2.35 bits per heavy atom. The van der Waals surface area contributed by atoms with E-state index in [1.807, 2.05) is 30.0 Å². The third kappa shape index (κ3) is 2.36. The Morgan fingerprint density at radius 3 is 3.06 bits per heavy atom. The van der Waals surface area contributed by atoms with Gasteiger partial charge in [0.25, 0.3) is 0 Å². The van der Waals surface area contributed by atoms with Crippen LogP contribution in [0.3, 0.4) is 0 Å². The second-order valence-corrected chi connectivity index (χ2v) is 4.24. The fourth-order valence-corrected chi connectivity index (χ4v) is 1.91. The highest BCUT2D eigenvalue weighted by Crippen LogP contribution is 2.23. The van der Waals surface area contributed by atoms with Gasteiger partial charge in [-0.1, -0.05) is 19.1 Å². The number of rotatable bonds is 5. The zero-order valence-electron chi connectivity index (χ0n) is 10.3. The van der Waals surface area contributed by atoms with Crippen molar-refractivity contribution >= 4 is 5.52 Å². The van der Waals surface area contributed by atoms with Crippen LogP contribution < -0.4 is 5.32 Å². The maximum atomic E-state index is 4.33. The van der Waals surface area contributed by atoms with Crippen LogP contribution in [0.15, 0.2) is 36.9 Å². The first-order valence-electron chi connectivity index (χ1n) is 5.90. The minimum Gasteiger partial charge on any atom is -0.306 e. The van der Waals surface area contributed by atoms with E-state index >= 15 is 0 Å². The van der Waals surface area contributed by atoms with E-state index in [-0.39, 0.29) is 6.04 Å². The van der Waals surface area contributed by atoms with Crippen molar-refractivity contribution in [3.63, 3.8) is 0 Å². The topological polar surface area (TPSA) is 42.2 Å². The summed E-state index contributed by atoms with van der Waals surface area (Å²) in [5.74, 6) is 0. The Labute approximate surface area is 101 Å². The molecule has 2 aromatic rings. The SMILES string of the molecule is C=C(C)C(NCCC)c1cnn2ccncc12. The van der Waals surface area contributed by atoms with Gasteiger partial charge in [0.15, 0.2) is 0 Å². The van der Waals surface area contributed by atoms with E-state index in [1.54, 1.807) is 6.20 Å². The van der Waals surface area contributed by atoms with E-state index < -0.39 is 0 Å². The van der Waals surface area contributed by atoms with Gasteiger partial charge in [0.2, 0.25) is 0 Å². The summed E-state index contributed by atoms with van der Waals surface area (Å²) in [5, 5.41) is 7.81. The van der Waals surface area contributed by atoms with Crippen molar-refractivity contribution in [2.45, 2.75) is 26.3 Å². The van der Waals surface area contributed by atoms with Crippen LogP contribution in [0.5, 0.6) is 0 Å². The van der Waals surface area contributed by atoms with Gasteiger partial charge < -0.3 is 5.32 Å². The lowest BCUT2D eigenvalue weighted by atomic mass is 10.0. The number of nitrogens with zero attached hydrogens (tertiary/aromatic N) is 3. The second-order valence-electron chi connectivity index (χ2n) is 4.24. The molecule has 4 nitrogen and oxygen atoms in total. The zero-order chi connectivity index (χ0) is 12.3. The Morgan fingerprint density at radius 1 is 1.53 bits per heavy atom. The Balaban J connectivity index is 2.38. The molecule has 0 radical (unpaired) electrons. The molecule has 2 rings (SSSR count). The number of fused-ring (bicyclic) bond motifs is 1. The molecule has 0 saturated carbocycles. The van der Waals surface area contributed by atoms with Crippen molar-refractivity contribution in [2.24, 2.45) is 0 Å². The van der Waals surface area contributed by atoms with Crippen LogP contribution in [0.2, 0.25) is 0 Å². The minimum absolute atomic E-state index is 0.150. The summed E-state index contributed by atoms with van der Waals surface area (Å²) in [6, 6.07) is 0.150. The van der Waals surface area contributed by atoms with Gasteiger partial charge >= 0.3 is 0 Å². The van der Waals surface area contributed by atoms with E-state index in [4.69, 9.17) is 0 Å². The molecule has 4 heteroatoms. The fourth-order valence-electron chi connectivity index (χ4n) is 1.91. The highest BCUT2D eigenvalue weighted by Gasteiger charge is 2.16. The number of hydrogen-bond acceptors (Lipinski definition) is 3. The van der Waals surface area contributed by atoms with Gasteiger partial charge in [0, 0.05) is 18.0 Å². The van der Waals surface area contributed by atoms with Gasteiger partial charge in [-0.25, -0.2) is 4.52 Å². The summed E-state index contributed by atoms with van der Waals surface area (Å²) < 4.78 is 1.84. The summed E-state index contributed by atoms with van der Waals surface area (Å²) in [5.41, 5.74) is 3.26. The highest BCUT2D eigenvalue weighted by atomic mass is 15.2. The van der Waals surface area contributed by atoms with E-state index in [1.165, 1.54) is 0 Å². The van der Waals surface area contributed by atoms with E-state index in [2.05, 4.69) is 28.9 Å². The molecule has 0 spiro atoms. The largest absolute Gasteiger partial charge is 0.306 e. The van der Waals surface area contributed by atoms with E-state index in [9.17, 15) is 0 Å². The standard InChI is InChI=1S/C13H18N4/c1-4-5-15-13(10(2)3)11-8-16-17-7-6-14-9-12(11)17/h6-9,13,15H,2,4-5H2,1,3H3. The lowest BCUT2D eigenvalue weighted by Gasteiger charge is -2.17. The molecule has 0 fully saturated rings. The normalized spacial score (nSPS) is 12.8. The Bertz CT molecular complexity index is 515. The molecule has 0 bridgehead atoms. The molecule has 1 unspecified atom stereocenters. The van der Waals surface area contributed by atoms with Crippen LogP contribution in [0.25, 0.3) is 5.52 Å². The fraction of sp³-hybridized carbons (Fsp3) is 0.385. The monoisotopic (exact) mass is 230 g/mol. The van der Waals surface area contributed by atoms with Crippen molar-refractivity contribution in [1.29, 1.82) is 0 Å². The first kappa shape index (κ1) is 11.8. The highest BCUT2D eigenvalue weighted by molar-refractivity contribution is 5.54. The van der Waals surface area contributed by atoms with Gasteiger partial charge in [0.1, 0.15) is 0 Å². The Hall–Kier alpha value is -1.68. The number of hydrogen-bond donors (Lipinski definition) is 1. The number of nitrogens with one attached hydrogen (secondary N) is 1. The molecule has 2 aromatic heterocycles. The molecule has 2 heterocycles. The summed E-state index contributed by atoms with van der Waals surface area (Å²) in [6.07, 6.45) is 8.42. The van der Waals surface area contributed by atoms with E-state index in [0.717, 1.165) is 29.6 Å². The van der Waals surface area contributed by atoms with Crippen LogP contribution in [0, 0.1) is 0 Å². The number of aromatic nitrogens is 3. The van der Waals surface area contributed by atoms with Crippen molar-refractivity contribution < 1.29 is 0 Å².